The van der Waals surface area contributed by atoms with Crippen LogP contribution in [0.5, 0.6) is 0 Å². The van der Waals surface area contributed by atoms with Crippen LogP contribution >= 0.6 is 0 Å². The molecule has 0 saturated heterocycles. The molecular formula is C47H87NO3. The summed E-state index contributed by atoms with van der Waals surface area (Å²) in [6.07, 6.45) is 57.6. The number of hydrogen-bond acceptors (Lipinski definition) is 3. The number of unbranched alkanes of at least 4 members (excludes halogenated alkanes) is 25. The number of carbonyl (C=O) groups excluding carboxylic acids is 1. The quantitative estimate of drug-likeness (QED) is 0.0437. The minimum absolute atomic E-state index is 0.0545. The molecule has 0 saturated carbocycles. The maximum absolute atomic E-state index is 12.4. The Morgan fingerprint density at radius 1 is 0.490 bits per heavy atom. The molecule has 0 aromatic rings. The minimum atomic E-state index is -0.671. The lowest BCUT2D eigenvalue weighted by Crippen LogP contribution is -2.45. The van der Waals surface area contributed by atoms with Crippen molar-refractivity contribution < 1.29 is 15.0 Å². The van der Waals surface area contributed by atoms with Crippen LogP contribution in [0, 0.1) is 0 Å². The Balaban J connectivity index is 3.54. The second-order valence-corrected chi connectivity index (χ2v) is 15.1. The first kappa shape index (κ1) is 49.4. The van der Waals surface area contributed by atoms with Gasteiger partial charge in [0.2, 0.25) is 5.91 Å². The van der Waals surface area contributed by atoms with E-state index in [1.165, 1.54) is 128 Å². The van der Waals surface area contributed by atoms with Crippen LogP contribution in [0.4, 0.5) is 0 Å². The Morgan fingerprint density at radius 3 is 1.29 bits per heavy atom. The lowest BCUT2D eigenvalue weighted by molar-refractivity contribution is -0.123. The highest BCUT2D eigenvalue weighted by molar-refractivity contribution is 5.76. The second-order valence-electron chi connectivity index (χ2n) is 15.1. The molecule has 0 rings (SSSR count). The van der Waals surface area contributed by atoms with Crippen molar-refractivity contribution in [1.82, 2.24) is 5.32 Å². The lowest BCUT2D eigenvalue weighted by Gasteiger charge is -2.22. The van der Waals surface area contributed by atoms with Crippen molar-refractivity contribution in [3.05, 3.63) is 48.6 Å². The predicted molar refractivity (Wildman–Crippen MR) is 225 cm³/mol. The van der Waals surface area contributed by atoms with Crippen LogP contribution in [0.3, 0.4) is 0 Å². The number of hydrogen-bond donors (Lipinski definition) is 3. The highest BCUT2D eigenvalue weighted by atomic mass is 16.3. The average Bonchev–Trinajstić information content (AvgIpc) is 3.13. The monoisotopic (exact) mass is 714 g/mol. The highest BCUT2D eigenvalue weighted by Crippen LogP contribution is 2.16. The molecule has 1 amide bonds. The molecule has 0 aromatic carbocycles. The first-order valence-electron chi connectivity index (χ1n) is 22.3. The molecule has 0 aliphatic heterocycles. The van der Waals surface area contributed by atoms with Crippen molar-refractivity contribution >= 4 is 5.91 Å². The van der Waals surface area contributed by atoms with Crippen LogP contribution < -0.4 is 5.32 Å². The van der Waals surface area contributed by atoms with Gasteiger partial charge in [-0.05, 0) is 51.4 Å². The third kappa shape index (κ3) is 39.4. The summed E-state index contributed by atoms with van der Waals surface area (Å²) in [7, 11) is 0. The molecule has 0 aliphatic rings. The van der Waals surface area contributed by atoms with Gasteiger partial charge in [0.05, 0.1) is 18.8 Å². The number of amides is 1. The average molecular weight is 714 g/mol. The maximum atomic E-state index is 12.4. The SMILES string of the molecule is CC/C=C\C/C=C\C/C=C\C/C=C\CCCCCCC(=O)NC(CO)C(O)CCCCCCCCCCCCCCCCCCCCCCCC. The van der Waals surface area contributed by atoms with Gasteiger partial charge in [0, 0.05) is 6.42 Å². The fourth-order valence-electron chi connectivity index (χ4n) is 6.70. The Kier molecular flexibility index (Phi) is 41.4. The van der Waals surface area contributed by atoms with Crippen LogP contribution in [0.15, 0.2) is 48.6 Å². The molecule has 2 atom stereocenters. The predicted octanol–water partition coefficient (Wildman–Crippen LogP) is 14.0. The number of aliphatic hydroxyl groups excluding tert-OH is 2. The smallest absolute Gasteiger partial charge is 0.220 e. The van der Waals surface area contributed by atoms with Crippen molar-refractivity contribution in [2.45, 2.75) is 238 Å². The van der Waals surface area contributed by atoms with Gasteiger partial charge >= 0.3 is 0 Å². The summed E-state index contributed by atoms with van der Waals surface area (Å²) in [5.41, 5.74) is 0. The third-order valence-electron chi connectivity index (χ3n) is 10.1. The normalized spacial score (nSPS) is 13.4. The topological polar surface area (TPSA) is 69.6 Å². The summed E-state index contributed by atoms with van der Waals surface area (Å²) in [5.74, 6) is -0.0545. The summed E-state index contributed by atoms with van der Waals surface area (Å²) in [4.78, 5) is 12.4. The van der Waals surface area contributed by atoms with Crippen LogP contribution in [0.2, 0.25) is 0 Å². The van der Waals surface area contributed by atoms with Gasteiger partial charge in [-0.15, -0.1) is 0 Å². The van der Waals surface area contributed by atoms with Gasteiger partial charge in [0.15, 0.2) is 0 Å². The molecule has 51 heavy (non-hydrogen) atoms. The Hall–Kier alpha value is -1.65. The largest absolute Gasteiger partial charge is 0.394 e. The number of rotatable bonds is 40. The van der Waals surface area contributed by atoms with Gasteiger partial charge < -0.3 is 15.5 Å². The van der Waals surface area contributed by atoms with Crippen LogP contribution in [-0.4, -0.2) is 34.9 Å². The molecule has 3 N–H and O–H groups in total. The summed E-state index contributed by atoms with van der Waals surface area (Å²) in [6, 6.07) is -0.550. The highest BCUT2D eigenvalue weighted by Gasteiger charge is 2.19. The fraction of sp³-hybridized carbons (Fsp3) is 0.809. The number of carbonyl (C=O) groups is 1. The molecule has 2 unspecified atom stereocenters. The lowest BCUT2D eigenvalue weighted by atomic mass is 10.0. The van der Waals surface area contributed by atoms with Crippen molar-refractivity contribution in [2.75, 3.05) is 6.61 Å². The molecule has 0 fully saturated rings. The van der Waals surface area contributed by atoms with Crippen molar-refractivity contribution in [1.29, 1.82) is 0 Å². The van der Waals surface area contributed by atoms with Crippen molar-refractivity contribution in [2.24, 2.45) is 0 Å². The molecule has 0 aliphatic carbocycles. The third-order valence-corrected chi connectivity index (χ3v) is 10.1. The molecule has 0 heterocycles. The summed E-state index contributed by atoms with van der Waals surface area (Å²) < 4.78 is 0. The van der Waals surface area contributed by atoms with E-state index in [4.69, 9.17) is 0 Å². The van der Waals surface area contributed by atoms with E-state index >= 15 is 0 Å². The molecule has 0 aromatic heterocycles. The number of nitrogens with one attached hydrogen (secondary N) is 1. The van der Waals surface area contributed by atoms with Crippen LogP contribution in [0.1, 0.15) is 226 Å². The summed E-state index contributed by atoms with van der Waals surface area (Å²) in [6.45, 7) is 4.24. The molecule has 298 valence electrons. The molecule has 0 bridgehead atoms. The number of allylic oxidation sites excluding steroid dienone is 8. The van der Waals surface area contributed by atoms with Crippen molar-refractivity contribution in [3.8, 4) is 0 Å². The van der Waals surface area contributed by atoms with Gasteiger partial charge in [-0.1, -0.05) is 217 Å². The molecule has 4 nitrogen and oxygen atoms in total. The first-order valence-corrected chi connectivity index (χ1v) is 22.3. The summed E-state index contributed by atoms with van der Waals surface area (Å²) in [5, 5.41) is 23.2. The second kappa shape index (κ2) is 42.8. The van der Waals surface area contributed by atoms with E-state index in [1.54, 1.807) is 0 Å². The maximum Gasteiger partial charge on any atom is 0.220 e. The van der Waals surface area contributed by atoms with Gasteiger partial charge in [-0.2, -0.15) is 0 Å². The Bertz CT molecular complexity index is 816. The van der Waals surface area contributed by atoms with E-state index in [1.807, 2.05) is 0 Å². The van der Waals surface area contributed by atoms with Gasteiger partial charge in [0.1, 0.15) is 0 Å². The van der Waals surface area contributed by atoms with Gasteiger partial charge in [-0.25, -0.2) is 0 Å². The zero-order valence-electron chi connectivity index (χ0n) is 34.1. The number of aliphatic hydroxyl groups is 2. The van der Waals surface area contributed by atoms with Crippen molar-refractivity contribution in [3.63, 3.8) is 0 Å². The molecular weight excluding hydrogens is 627 g/mol. The Labute approximate surface area is 318 Å². The van der Waals surface area contributed by atoms with E-state index < -0.39 is 12.1 Å². The van der Waals surface area contributed by atoms with E-state index in [0.29, 0.717) is 12.8 Å². The van der Waals surface area contributed by atoms with E-state index in [2.05, 4.69) is 67.8 Å². The Morgan fingerprint density at radius 2 is 0.863 bits per heavy atom. The van der Waals surface area contributed by atoms with Gasteiger partial charge in [-0.3, -0.25) is 4.79 Å². The van der Waals surface area contributed by atoms with E-state index in [-0.39, 0.29) is 12.5 Å². The molecule has 0 spiro atoms. The zero-order chi connectivity index (χ0) is 37.1. The molecule has 0 radical (unpaired) electrons. The molecule has 4 heteroatoms. The first-order chi connectivity index (χ1) is 25.2. The fourth-order valence-corrected chi connectivity index (χ4v) is 6.70. The van der Waals surface area contributed by atoms with Crippen LogP contribution in [-0.2, 0) is 4.79 Å². The zero-order valence-corrected chi connectivity index (χ0v) is 34.1. The minimum Gasteiger partial charge on any atom is -0.394 e. The summed E-state index contributed by atoms with van der Waals surface area (Å²) >= 11 is 0. The van der Waals surface area contributed by atoms with E-state index in [0.717, 1.165) is 70.6 Å². The van der Waals surface area contributed by atoms with Gasteiger partial charge in [0.25, 0.3) is 0 Å². The van der Waals surface area contributed by atoms with Crippen LogP contribution in [0.25, 0.3) is 0 Å². The van der Waals surface area contributed by atoms with E-state index in [9.17, 15) is 15.0 Å². The standard InChI is InChI=1S/C47H87NO3/c1-3-5-7-9-11-13-15-17-19-21-22-23-24-25-27-28-30-32-34-36-38-40-42-46(50)45(44-49)48-47(51)43-41-39-37-35-33-31-29-26-20-18-16-14-12-10-8-6-4-2/h6,8,12,14,18,20,29,31,45-46,49-50H,3-5,7,9-11,13,15-17,19,21-28,30,32-44H2,1-2H3,(H,48,51)/b8-6-,14-12-,20-18-,31-29-.